The summed E-state index contributed by atoms with van der Waals surface area (Å²) in [7, 11) is 0. The number of thiazole rings is 1. The van der Waals surface area contributed by atoms with E-state index in [1.807, 2.05) is 24.5 Å². The summed E-state index contributed by atoms with van der Waals surface area (Å²) < 4.78 is 5.99. The molecule has 1 aliphatic rings. The van der Waals surface area contributed by atoms with Gasteiger partial charge in [-0.2, -0.15) is 0 Å². The van der Waals surface area contributed by atoms with E-state index < -0.39 is 0 Å². The number of nitrogens with zero attached hydrogens (tertiary/aromatic N) is 3. The molecule has 1 fully saturated rings. The van der Waals surface area contributed by atoms with Gasteiger partial charge in [0.15, 0.2) is 5.96 Å². The van der Waals surface area contributed by atoms with Gasteiger partial charge in [0.1, 0.15) is 11.1 Å². The molecular weight excluding hydrogens is 485 g/mol. The third-order valence-corrected chi connectivity index (χ3v) is 5.39. The van der Waals surface area contributed by atoms with Crippen LogP contribution in [0.1, 0.15) is 54.5 Å². The van der Waals surface area contributed by atoms with E-state index in [2.05, 4.69) is 39.4 Å². The minimum absolute atomic E-state index is 0. The van der Waals surface area contributed by atoms with Gasteiger partial charge in [-0.15, -0.1) is 35.3 Å². The van der Waals surface area contributed by atoms with E-state index in [4.69, 9.17) is 4.74 Å². The van der Waals surface area contributed by atoms with Crippen molar-refractivity contribution in [2.45, 2.75) is 65.1 Å². The molecule has 0 radical (unpaired) electrons. The maximum Gasteiger partial charge on any atom is 0.213 e. The fourth-order valence-electron chi connectivity index (χ4n) is 3.08. The van der Waals surface area contributed by atoms with Crippen LogP contribution >= 0.6 is 35.3 Å². The summed E-state index contributed by atoms with van der Waals surface area (Å²) in [6.45, 7) is 6.19. The Labute approximate surface area is 188 Å². The van der Waals surface area contributed by atoms with Crippen molar-refractivity contribution >= 4 is 41.3 Å². The minimum Gasteiger partial charge on any atom is -0.474 e. The van der Waals surface area contributed by atoms with Crippen molar-refractivity contribution < 1.29 is 4.74 Å². The number of aromatic nitrogens is 2. The van der Waals surface area contributed by atoms with E-state index in [1.165, 1.54) is 24.1 Å². The number of rotatable bonds is 7. The van der Waals surface area contributed by atoms with Crippen molar-refractivity contribution in [1.82, 2.24) is 20.6 Å². The molecule has 8 heteroatoms. The molecule has 28 heavy (non-hydrogen) atoms. The highest BCUT2D eigenvalue weighted by atomic mass is 127. The summed E-state index contributed by atoms with van der Waals surface area (Å²) in [4.78, 5) is 14.7. The Morgan fingerprint density at radius 1 is 1.18 bits per heavy atom. The monoisotopic (exact) mass is 515 g/mol. The average Bonchev–Trinajstić information content (AvgIpc) is 3.11. The third-order valence-electron chi connectivity index (χ3n) is 4.48. The van der Waals surface area contributed by atoms with Gasteiger partial charge in [0.25, 0.3) is 0 Å². The van der Waals surface area contributed by atoms with Crippen LogP contribution in [0.4, 0.5) is 0 Å². The lowest BCUT2D eigenvalue weighted by Crippen LogP contribution is -2.36. The highest BCUT2D eigenvalue weighted by Crippen LogP contribution is 2.22. The summed E-state index contributed by atoms with van der Waals surface area (Å²) in [6.07, 6.45) is 10.2. The first kappa shape index (κ1) is 22.9. The summed E-state index contributed by atoms with van der Waals surface area (Å²) >= 11 is 1.70. The molecule has 0 bridgehead atoms. The smallest absolute Gasteiger partial charge is 0.213 e. The molecule has 1 aliphatic carbocycles. The molecule has 2 aromatic rings. The Morgan fingerprint density at radius 3 is 2.64 bits per heavy atom. The van der Waals surface area contributed by atoms with Gasteiger partial charge in [0, 0.05) is 29.9 Å². The van der Waals surface area contributed by atoms with E-state index in [1.54, 1.807) is 11.3 Å². The van der Waals surface area contributed by atoms with Gasteiger partial charge >= 0.3 is 0 Å². The number of aryl methyl sites for hydroxylation is 1. The van der Waals surface area contributed by atoms with E-state index >= 15 is 0 Å². The van der Waals surface area contributed by atoms with Gasteiger partial charge in [-0.25, -0.2) is 15.0 Å². The fourth-order valence-corrected chi connectivity index (χ4v) is 3.81. The van der Waals surface area contributed by atoms with E-state index in [0.29, 0.717) is 19.2 Å². The zero-order valence-corrected chi connectivity index (χ0v) is 19.8. The number of guanidine groups is 1. The molecule has 0 aliphatic heterocycles. The second kappa shape index (κ2) is 12.2. The lowest BCUT2D eigenvalue weighted by Gasteiger charge is -2.22. The number of ether oxygens (including phenoxy) is 1. The number of aliphatic imine (C=N–C) groups is 1. The molecule has 2 aromatic heterocycles. The van der Waals surface area contributed by atoms with E-state index in [9.17, 15) is 0 Å². The van der Waals surface area contributed by atoms with Gasteiger partial charge in [-0.05, 0) is 45.1 Å². The van der Waals surface area contributed by atoms with Crippen LogP contribution in [0.15, 0.2) is 29.5 Å². The van der Waals surface area contributed by atoms with Crippen LogP contribution in [-0.2, 0) is 13.1 Å². The molecule has 3 rings (SSSR count). The van der Waals surface area contributed by atoms with Crippen LogP contribution in [0.5, 0.6) is 5.88 Å². The van der Waals surface area contributed by atoms with Crippen LogP contribution in [0.25, 0.3) is 0 Å². The molecule has 6 nitrogen and oxygen atoms in total. The first-order chi connectivity index (χ1) is 13.2. The Bertz CT molecular complexity index is 728. The van der Waals surface area contributed by atoms with Crippen LogP contribution < -0.4 is 15.4 Å². The molecule has 0 unspecified atom stereocenters. The summed E-state index contributed by atoms with van der Waals surface area (Å²) in [5.41, 5.74) is 1.06. The topological polar surface area (TPSA) is 71.4 Å². The SMILES string of the molecule is CCNC(=NCc1ccc(OC2CCCCC2)nc1)NCc1ncc(C)s1.I. The lowest BCUT2D eigenvalue weighted by molar-refractivity contribution is 0.148. The number of hydrogen-bond acceptors (Lipinski definition) is 5. The maximum atomic E-state index is 5.99. The molecule has 0 amide bonds. The van der Waals surface area contributed by atoms with Gasteiger partial charge < -0.3 is 15.4 Å². The minimum atomic E-state index is 0. The van der Waals surface area contributed by atoms with Crippen molar-refractivity contribution in [2.24, 2.45) is 4.99 Å². The van der Waals surface area contributed by atoms with Crippen molar-refractivity contribution in [2.75, 3.05) is 6.54 Å². The molecule has 2 heterocycles. The van der Waals surface area contributed by atoms with E-state index in [-0.39, 0.29) is 24.0 Å². The van der Waals surface area contributed by atoms with Gasteiger partial charge in [-0.3, -0.25) is 0 Å². The number of hydrogen-bond donors (Lipinski definition) is 2. The van der Waals surface area contributed by atoms with Crippen molar-refractivity contribution in [3.63, 3.8) is 0 Å². The quantitative estimate of drug-likeness (QED) is 0.324. The second-order valence-electron chi connectivity index (χ2n) is 6.80. The Balaban J connectivity index is 0.00000280. The number of pyridine rings is 1. The molecule has 0 aromatic carbocycles. The first-order valence-corrected chi connectivity index (χ1v) is 10.6. The van der Waals surface area contributed by atoms with Gasteiger partial charge in [0.2, 0.25) is 5.88 Å². The summed E-state index contributed by atoms with van der Waals surface area (Å²) in [6, 6.07) is 4.00. The number of halogens is 1. The molecule has 0 spiro atoms. The lowest BCUT2D eigenvalue weighted by atomic mass is 9.98. The molecule has 0 saturated heterocycles. The van der Waals surface area contributed by atoms with Crippen LogP contribution in [0.3, 0.4) is 0 Å². The maximum absolute atomic E-state index is 5.99. The van der Waals surface area contributed by atoms with Gasteiger partial charge in [0.05, 0.1) is 13.1 Å². The Morgan fingerprint density at radius 2 is 2.00 bits per heavy atom. The van der Waals surface area contributed by atoms with Crippen molar-refractivity contribution in [3.05, 3.63) is 40.0 Å². The van der Waals surface area contributed by atoms with Crippen LogP contribution in [-0.4, -0.2) is 28.6 Å². The third kappa shape index (κ3) is 7.54. The zero-order chi connectivity index (χ0) is 18.9. The van der Waals surface area contributed by atoms with Crippen molar-refractivity contribution in [3.8, 4) is 5.88 Å². The summed E-state index contributed by atoms with van der Waals surface area (Å²) in [5.74, 6) is 1.51. The highest BCUT2D eigenvalue weighted by molar-refractivity contribution is 14.0. The number of nitrogens with one attached hydrogen (secondary N) is 2. The highest BCUT2D eigenvalue weighted by Gasteiger charge is 2.15. The predicted molar refractivity (Wildman–Crippen MR) is 126 cm³/mol. The predicted octanol–water partition coefficient (Wildman–Crippen LogP) is 4.43. The normalized spacial score (nSPS) is 15.0. The second-order valence-corrected chi connectivity index (χ2v) is 8.12. The first-order valence-electron chi connectivity index (χ1n) is 9.78. The Kier molecular flexibility index (Phi) is 9.97. The molecule has 1 saturated carbocycles. The zero-order valence-electron chi connectivity index (χ0n) is 16.6. The summed E-state index contributed by atoms with van der Waals surface area (Å²) in [5, 5.41) is 7.65. The fraction of sp³-hybridized carbons (Fsp3) is 0.550. The molecule has 0 atom stereocenters. The molecule has 154 valence electrons. The Hall–Kier alpha value is -1.42. The van der Waals surface area contributed by atoms with Crippen molar-refractivity contribution in [1.29, 1.82) is 0 Å². The molecular formula is C20H30IN5OS. The van der Waals surface area contributed by atoms with Crippen LogP contribution in [0, 0.1) is 6.92 Å². The van der Waals surface area contributed by atoms with Crippen LogP contribution in [0.2, 0.25) is 0 Å². The largest absolute Gasteiger partial charge is 0.474 e. The van der Waals surface area contributed by atoms with E-state index in [0.717, 1.165) is 41.8 Å². The molecule has 2 N–H and O–H groups in total. The average molecular weight is 515 g/mol. The van der Waals surface area contributed by atoms with Gasteiger partial charge in [-0.1, -0.05) is 12.5 Å². The standard InChI is InChI=1S/C20H29N5OS.HI/c1-3-21-20(25-14-19-23-11-15(2)27-19)24-13-16-9-10-18(22-12-16)26-17-7-5-4-6-8-17;/h9-12,17H,3-8,13-14H2,1-2H3,(H2,21,24,25);1H.